The highest BCUT2D eigenvalue weighted by molar-refractivity contribution is 5.95. The van der Waals surface area contributed by atoms with Gasteiger partial charge in [0.25, 0.3) is 5.91 Å². The summed E-state index contributed by atoms with van der Waals surface area (Å²) in [5.74, 6) is -2.47. The average Bonchev–Trinajstić information content (AvgIpc) is 2.87. The van der Waals surface area contributed by atoms with Crippen molar-refractivity contribution < 1.29 is 13.6 Å². The van der Waals surface area contributed by atoms with E-state index >= 15 is 0 Å². The van der Waals surface area contributed by atoms with E-state index in [0.29, 0.717) is 0 Å². The number of nitrogens with two attached hydrogens (primary N) is 1. The Kier molecular flexibility index (Phi) is 3.50. The maximum absolute atomic E-state index is 13.7. The molecule has 1 saturated carbocycles. The number of carbonyl (C=O) groups excluding carboxylic acids is 1. The molecule has 1 aliphatic rings. The molecule has 0 radical (unpaired) electrons. The Bertz CT molecular complexity index is 470. The molecule has 5 heteroatoms. The number of nitrogen functional groups attached to an aromatic ring is 1. The van der Waals surface area contributed by atoms with Gasteiger partial charge in [0, 0.05) is 13.1 Å². The fraction of sp³-hybridized carbons (Fsp3) is 0.462. The van der Waals surface area contributed by atoms with E-state index in [1.54, 1.807) is 7.05 Å². The van der Waals surface area contributed by atoms with Crippen LogP contribution < -0.4 is 5.73 Å². The SMILES string of the molecule is CN(C(=O)c1c(F)ccc(N)c1F)C1CCCC1. The van der Waals surface area contributed by atoms with E-state index in [4.69, 9.17) is 5.73 Å². The first-order valence-corrected chi connectivity index (χ1v) is 6.03. The minimum absolute atomic E-state index is 0.0673. The molecular weight excluding hydrogens is 238 g/mol. The minimum atomic E-state index is -0.968. The number of anilines is 1. The Labute approximate surface area is 105 Å². The quantitative estimate of drug-likeness (QED) is 0.824. The number of hydrogen-bond donors (Lipinski definition) is 1. The zero-order chi connectivity index (χ0) is 13.3. The van der Waals surface area contributed by atoms with Gasteiger partial charge in [-0.1, -0.05) is 12.8 Å². The second-order valence-corrected chi connectivity index (χ2v) is 4.68. The number of hydrogen-bond acceptors (Lipinski definition) is 2. The third-order valence-electron chi connectivity index (χ3n) is 3.53. The molecule has 0 heterocycles. The standard InChI is InChI=1S/C13H16F2N2O/c1-17(8-4-2-3-5-8)13(18)11-9(14)6-7-10(16)12(11)15/h6-8H,2-5,16H2,1H3. The van der Waals surface area contributed by atoms with Crippen molar-refractivity contribution in [2.24, 2.45) is 0 Å². The fourth-order valence-corrected chi connectivity index (χ4v) is 2.40. The van der Waals surface area contributed by atoms with E-state index in [0.717, 1.165) is 37.8 Å². The van der Waals surface area contributed by atoms with Crippen LogP contribution in [-0.4, -0.2) is 23.9 Å². The van der Waals surface area contributed by atoms with Crippen LogP contribution in [0, 0.1) is 11.6 Å². The monoisotopic (exact) mass is 254 g/mol. The van der Waals surface area contributed by atoms with Crippen LogP contribution in [0.4, 0.5) is 14.5 Å². The van der Waals surface area contributed by atoms with Gasteiger partial charge in [-0.25, -0.2) is 8.78 Å². The van der Waals surface area contributed by atoms with Crippen LogP contribution in [0.2, 0.25) is 0 Å². The second kappa shape index (κ2) is 4.92. The van der Waals surface area contributed by atoms with Crippen LogP contribution in [0.1, 0.15) is 36.0 Å². The van der Waals surface area contributed by atoms with Gasteiger partial charge >= 0.3 is 0 Å². The van der Waals surface area contributed by atoms with Crippen molar-refractivity contribution in [2.75, 3.05) is 12.8 Å². The van der Waals surface area contributed by atoms with E-state index in [1.807, 2.05) is 0 Å². The van der Waals surface area contributed by atoms with E-state index < -0.39 is 23.1 Å². The topological polar surface area (TPSA) is 46.3 Å². The predicted molar refractivity (Wildman–Crippen MR) is 65.1 cm³/mol. The summed E-state index contributed by atoms with van der Waals surface area (Å²) in [6, 6.07) is 2.21. The van der Waals surface area contributed by atoms with Gasteiger partial charge in [-0.15, -0.1) is 0 Å². The van der Waals surface area contributed by atoms with E-state index in [2.05, 4.69) is 0 Å². The van der Waals surface area contributed by atoms with Gasteiger partial charge in [0.15, 0.2) is 5.82 Å². The highest BCUT2D eigenvalue weighted by Gasteiger charge is 2.28. The van der Waals surface area contributed by atoms with Gasteiger partial charge in [0.2, 0.25) is 0 Å². The molecule has 0 spiro atoms. The van der Waals surface area contributed by atoms with Crippen molar-refractivity contribution in [2.45, 2.75) is 31.7 Å². The molecule has 1 amide bonds. The molecular formula is C13H16F2N2O. The zero-order valence-electron chi connectivity index (χ0n) is 10.2. The van der Waals surface area contributed by atoms with Gasteiger partial charge in [-0.2, -0.15) is 0 Å². The molecule has 1 aromatic rings. The lowest BCUT2D eigenvalue weighted by Gasteiger charge is -2.24. The van der Waals surface area contributed by atoms with Crippen LogP contribution in [0.25, 0.3) is 0 Å². The highest BCUT2D eigenvalue weighted by Crippen LogP contribution is 2.26. The van der Waals surface area contributed by atoms with E-state index in [9.17, 15) is 13.6 Å². The van der Waals surface area contributed by atoms with Crippen LogP contribution in [-0.2, 0) is 0 Å². The molecule has 0 atom stereocenters. The Hall–Kier alpha value is -1.65. The lowest BCUT2D eigenvalue weighted by Crippen LogP contribution is -2.36. The van der Waals surface area contributed by atoms with Crippen molar-refractivity contribution >= 4 is 11.6 Å². The Morgan fingerprint density at radius 1 is 1.33 bits per heavy atom. The normalized spacial score (nSPS) is 15.9. The van der Waals surface area contributed by atoms with Gasteiger partial charge in [0.1, 0.15) is 11.4 Å². The summed E-state index contributed by atoms with van der Waals surface area (Å²) in [4.78, 5) is 13.5. The molecule has 1 aromatic carbocycles. The molecule has 0 aliphatic heterocycles. The molecule has 98 valence electrons. The second-order valence-electron chi connectivity index (χ2n) is 4.68. The number of nitrogens with zero attached hydrogens (tertiary/aromatic N) is 1. The molecule has 18 heavy (non-hydrogen) atoms. The molecule has 3 nitrogen and oxygen atoms in total. The smallest absolute Gasteiger partial charge is 0.259 e. The Balaban J connectivity index is 2.30. The number of rotatable bonds is 2. The van der Waals surface area contributed by atoms with Gasteiger partial charge in [0.05, 0.1) is 5.69 Å². The van der Waals surface area contributed by atoms with Crippen molar-refractivity contribution in [3.05, 3.63) is 29.3 Å². The third kappa shape index (κ3) is 2.17. The molecule has 1 aliphatic carbocycles. The van der Waals surface area contributed by atoms with Crippen LogP contribution in [0.3, 0.4) is 0 Å². The molecule has 0 saturated heterocycles. The Morgan fingerprint density at radius 2 is 1.94 bits per heavy atom. The third-order valence-corrected chi connectivity index (χ3v) is 3.53. The first-order chi connectivity index (χ1) is 8.52. The molecule has 0 aromatic heterocycles. The highest BCUT2D eigenvalue weighted by atomic mass is 19.1. The van der Waals surface area contributed by atoms with Crippen LogP contribution >= 0.6 is 0 Å². The molecule has 0 bridgehead atoms. The summed E-state index contributed by atoms with van der Waals surface area (Å²) in [5.41, 5.74) is 4.61. The number of benzene rings is 1. The van der Waals surface area contributed by atoms with Gasteiger partial charge < -0.3 is 10.6 Å². The summed E-state index contributed by atoms with van der Waals surface area (Å²) in [6.45, 7) is 0. The van der Waals surface area contributed by atoms with Crippen molar-refractivity contribution in [1.29, 1.82) is 0 Å². The molecule has 1 fully saturated rings. The number of carbonyl (C=O) groups is 1. The number of halogens is 2. The summed E-state index contributed by atoms with van der Waals surface area (Å²) < 4.78 is 27.3. The first kappa shape index (κ1) is 12.8. The Morgan fingerprint density at radius 3 is 2.56 bits per heavy atom. The van der Waals surface area contributed by atoms with Crippen LogP contribution in [0.15, 0.2) is 12.1 Å². The maximum Gasteiger partial charge on any atom is 0.259 e. The first-order valence-electron chi connectivity index (χ1n) is 6.03. The fourth-order valence-electron chi connectivity index (χ4n) is 2.40. The maximum atomic E-state index is 13.7. The van der Waals surface area contributed by atoms with Crippen LogP contribution in [0.5, 0.6) is 0 Å². The number of amides is 1. The molecule has 2 N–H and O–H groups in total. The van der Waals surface area contributed by atoms with Gasteiger partial charge in [-0.05, 0) is 25.0 Å². The largest absolute Gasteiger partial charge is 0.396 e. The minimum Gasteiger partial charge on any atom is -0.396 e. The van der Waals surface area contributed by atoms with E-state index in [-0.39, 0.29) is 11.7 Å². The lowest BCUT2D eigenvalue weighted by molar-refractivity contribution is 0.0725. The zero-order valence-corrected chi connectivity index (χ0v) is 10.2. The summed E-state index contributed by atoms with van der Waals surface area (Å²) in [7, 11) is 1.58. The summed E-state index contributed by atoms with van der Waals surface area (Å²) in [5, 5.41) is 0. The summed E-state index contributed by atoms with van der Waals surface area (Å²) >= 11 is 0. The molecule has 2 rings (SSSR count). The predicted octanol–water partition coefficient (Wildman–Crippen LogP) is 2.56. The van der Waals surface area contributed by atoms with E-state index in [1.165, 1.54) is 4.90 Å². The van der Waals surface area contributed by atoms with Crippen molar-refractivity contribution in [3.8, 4) is 0 Å². The summed E-state index contributed by atoms with van der Waals surface area (Å²) in [6.07, 6.45) is 3.86. The molecule has 0 unspecified atom stereocenters. The van der Waals surface area contributed by atoms with Gasteiger partial charge in [-0.3, -0.25) is 4.79 Å². The van der Waals surface area contributed by atoms with Crippen molar-refractivity contribution in [1.82, 2.24) is 4.90 Å². The average molecular weight is 254 g/mol. The lowest BCUT2D eigenvalue weighted by atomic mass is 10.1. The van der Waals surface area contributed by atoms with Crippen molar-refractivity contribution in [3.63, 3.8) is 0 Å².